The topological polar surface area (TPSA) is 134 Å². The molecule has 37 heavy (non-hydrogen) atoms. The molecule has 0 unspecified atom stereocenters. The molecule has 5 rings (SSSR count). The van der Waals surface area contributed by atoms with Crippen molar-refractivity contribution < 1.29 is 19.4 Å². The van der Waals surface area contributed by atoms with Crippen molar-refractivity contribution in [2.45, 2.75) is 31.8 Å². The van der Waals surface area contributed by atoms with Crippen LogP contribution in [0.15, 0.2) is 42.7 Å². The third kappa shape index (κ3) is 5.24. The van der Waals surface area contributed by atoms with Crippen LogP contribution in [-0.4, -0.2) is 67.0 Å². The smallest absolute Gasteiger partial charge is 0.338 e. The molecule has 190 valence electrons. The Bertz CT molecular complexity index is 1440. The highest BCUT2D eigenvalue weighted by Gasteiger charge is 2.28. The lowest BCUT2D eigenvalue weighted by atomic mass is 9.86. The van der Waals surface area contributed by atoms with Crippen molar-refractivity contribution in [1.82, 2.24) is 29.8 Å². The number of aromatic carboxylic acids is 1. The fourth-order valence-electron chi connectivity index (χ4n) is 4.47. The number of aromatic amines is 1. The van der Waals surface area contributed by atoms with E-state index in [0.717, 1.165) is 36.8 Å². The molecule has 0 radical (unpaired) electrons. The van der Waals surface area contributed by atoms with Gasteiger partial charge < -0.3 is 19.7 Å². The number of carboxylic acid groups (broad SMARTS) is 1. The first kappa shape index (κ1) is 24.6. The van der Waals surface area contributed by atoms with Crippen LogP contribution in [0.25, 0.3) is 33.8 Å². The van der Waals surface area contributed by atoms with Gasteiger partial charge in [-0.3, -0.25) is 4.79 Å². The molecule has 1 fully saturated rings. The van der Waals surface area contributed by atoms with Gasteiger partial charge in [0.1, 0.15) is 6.10 Å². The molecular weight excluding hydrogens is 496 g/mol. The summed E-state index contributed by atoms with van der Waals surface area (Å²) in [4.78, 5) is 45.4. The summed E-state index contributed by atoms with van der Waals surface area (Å²) in [6.07, 6.45) is 5.70. The first-order valence-corrected chi connectivity index (χ1v) is 12.3. The maximum Gasteiger partial charge on any atom is 0.338 e. The van der Waals surface area contributed by atoms with Gasteiger partial charge in [0.15, 0.2) is 11.5 Å². The van der Waals surface area contributed by atoms with E-state index >= 15 is 0 Å². The zero-order chi connectivity index (χ0) is 26.1. The standard InChI is InChI=1S/C26H25ClN6O4/c1-33(2)24(34)16-7-9-18(10-8-16)37-26-30-20-11-19(27)21(31-23(20)32-26)14-3-5-15(6-4-14)22-28-12-17(13-29-22)25(35)36/h3-6,11-13,16,18H,7-10H2,1-2H3,(H,35,36)(H,30,31,32)/t16-,18-. The number of rotatable bonds is 6. The Morgan fingerprint density at radius 3 is 2.30 bits per heavy atom. The van der Waals surface area contributed by atoms with Crippen LogP contribution in [0, 0.1) is 5.92 Å². The molecule has 3 heterocycles. The number of nitrogens with zero attached hydrogens (tertiary/aromatic N) is 5. The third-order valence-electron chi connectivity index (χ3n) is 6.46. The highest BCUT2D eigenvalue weighted by Crippen LogP contribution is 2.32. The molecular formula is C26H25ClN6O4. The monoisotopic (exact) mass is 520 g/mol. The van der Waals surface area contributed by atoms with Crippen molar-refractivity contribution in [3.63, 3.8) is 0 Å². The molecule has 11 heteroatoms. The number of fused-ring (bicyclic) bond motifs is 1. The van der Waals surface area contributed by atoms with E-state index < -0.39 is 5.97 Å². The van der Waals surface area contributed by atoms with E-state index in [9.17, 15) is 9.59 Å². The molecule has 3 aromatic heterocycles. The fraction of sp³-hybridized carbons (Fsp3) is 0.308. The normalized spacial score (nSPS) is 17.5. The van der Waals surface area contributed by atoms with Crippen LogP contribution in [0.3, 0.4) is 0 Å². The SMILES string of the molecule is CN(C)C(=O)[C@H]1CC[C@H](Oc2nc3nc(-c4ccc(-c5ncc(C(=O)O)cn5)cc4)c(Cl)cc3[nH]2)CC1. The molecule has 0 atom stereocenters. The molecule has 10 nitrogen and oxygen atoms in total. The Morgan fingerprint density at radius 2 is 1.68 bits per heavy atom. The Balaban J connectivity index is 1.30. The molecule has 1 saturated carbocycles. The summed E-state index contributed by atoms with van der Waals surface area (Å²) in [7, 11) is 3.58. The second-order valence-corrected chi connectivity index (χ2v) is 9.64. The number of hydrogen-bond acceptors (Lipinski definition) is 7. The largest absolute Gasteiger partial charge is 0.478 e. The molecule has 1 aliphatic rings. The van der Waals surface area contributed by atoms with Crippen molar-refractivity contribution in [1.29, 1.82) is 0 Å². The maximum atomic E-state index is 12.2. The maximum absolute atomic E-state index is 12.2. The van der Waals surface area contributed by atoms with Crippen molar-refractivity contribution in [2.75, 3.05) is 14.1 Å². The number of carbonyl (C=O) groups is 2. The fourth-order valence-corrected chi connectivity index (χ4v) is 4.73. The van der Waals surface area contributed by atoms with E-state index in [2.05, 4.69) is 24.9 Å². The summed E-state index contributed by atoms with van der Waals surface area (Å²) in [5.41, 5.74) is 3.27. The first-order chi connectivity index (χ1) is 17.8. The number of ether oxygens (including phenoxy) is 1. The predicted molar refractivity (Wildman–Crippen MR) is 137 cm³/mol. The van der Waals surface area contributed by atoms with Crippen molar-refractivity contribution in [3.8, 4) is 28.7 Å². The lowest BCUT2D eigenvalue weighted by molar-refractivity contribution is -0.134. The van der Waals surface area contributed by atoms with Crippen molar-refractivity contribution in [3.05, 3.63) is 53.3 Å². The van der Waals surface area contributed by atoms with E-state index in [4.69, 9.17) is 21.4 Å². The van der Waals surface area contributed by atoms with Crippen LogP contribution in [0.5, 0.6) is 6.01 Å². The average Bonchev–Trinajstić information content (AvgIpc) is 3.29. The number of carbonyl (C=O) groups excluding carboxylic acids is 1. The number of aromatic nitrogens is 5. The molecule has 1 aliphatic carbocycles. The minimum absolute atomic E-state index is 0.0129. The summed E-state index contributed by atoms with van der Waals surface area (Å²) >= 11 is 6.55. The van der Waals surface area contributed by atoms with E-state index in [1.165, 1.54) is 12.4 Å². The molecule has 4 aromatic rings. The molecule has 1 amide bonds. The number of carboxylic acids is 1. The second kappa shape index (κ2) is 10.1. The minimum Gasteiger partial charge on any atom is -0.478 e. The Kier molecular flexibility index (Phi) is 6.75. The molecule has 0 saturated heterocycles. The van der Waals surface area contributed by atoms with Crippen LogP contribution < -0.4 is 4.74 Å². The van der Waals surface area contributed by atoms with Gasteiger partial charge in [-0.2, -0.15) is 4.98 Å². The number of H-pyrrole nitrogens is 1. The summed E-state index contributed by atoms with van der Waals surface area (Å²) < 4.78 is 6.08. The summed E-state index contributed by atoms with van der Waals surface area (Å²) in [5.74, 6) is -0.435. The van der Waals surface area contributed by atoms with E-state index in [1.54, 1.807) is 25.1 Å². The molecule has 0 bridgehead atoms. The van der Waals surface area contributed by atoms with Gasteiger partial charge in [-0.1, -0.05) is 35.9 Å². The van der Waals surface area contributed by atoms with Gasteiger partial charge in [-0.25, -0.2) is 19.7 Å². The number of imidazole rings is 1. The van der Waals surface area contributed by atoms with Gasteiger partial charge in [0.25, 0.3) is 6.01 Å². The lowest BCUT2D eigenvalue weighted by Gasteiger charge is -2.28. The zero-order valence-electron chi connectivity index (χ0n) is 20.3. The van der Waals surface area contributed by atoms with Gasteiger partial charge in [0, 0.05) is 43.5 Å². The first-order valence-electron chi connectivity index (χ1n) is 11.9. The van der Waals surface area contributed by atoms with Gasteiger partial charge >= 0.3 is 5.97 Å². The Hall–Kier alpha value is -4.05. The average molecular weight is 521 g/mol. The predicted octanol–water partition coefficient (Wildman–Crippen LogP) is 4.46. The van der Waals surface area contributed by atoms with Crippen LogP contribution in [0.1, 0.15) is 36.0 Å². The Morgan fingerprint density at radius 1 is 1.03 bits per heavy atom. The van der Waals surface area contributed by atoms with E-state index in [1.807, 2.05) is 24.3 Å². The van der Waals surface area contributed by atoms with Crippen molar-refractivity contribution >= 4 is 34.6 Å². The summed E-state index contributed by atoms with van der Waals surface area (Å²) in [6.45, 7) is 0. The van der Waals surface area contributed by atoms with E-state index in [-0.39, 0.29) is 23.5 Å². The highest BCUT2D eigenvalue weighted by molar-refractivity contribution is 6.33. The van der Waals surface area contributed by atoms with Gasteiger partial charge in [0.05, 0.1) is 21.8 Å². The van der Waals surface area contributed by atoms with Gasteiger partial charge in [0.2, 0.25) is 5.91 Å². The van der Waals surface area contributed by atoms with Crippen molar-refractivity contribution in [2.24, 2.45) is 5.92 Å². The number of halogens is 1. The third-order valence-corrected chi connectivity index (χ3v) is 6.75. The summed E-state index contributed by atoms with van der Waals surface area (Å²) in [6, 6.07) is 9.50. The molecule has 0 spiro atoms. The zero-order valence-corrected chi connectivity index (χ0v) is 21.1. The highest BCUT2D eigenvalue weighted by atomic mass is 35.5. The quantitative estimate of drug-likeness (QED) is 0.380. The van der Waals surface area contributed by atoms with Crippen LogP contribution >= 0.6 is 11.6 Å². The number of amides is 1. The molecule has 2 N–H and O–H groups in total. The van der Waals surface area contributed by atoms with Gasteiger partial charge in [-0.15, -0.1) is 0 Å². The molecule has 0 aliphatic heterocycles. The van der Waals surface area contributed by atoms with Crippen LogP contribution in [0.4, 0.5) is 0 Å². The number of hydrogen-bond donors (Lipinski definition) is 2. The summed E-state index contributed by atoms with van der Waals surface area (Å²) in [5, 5.41) is 9.47. The second-order valence-electron chi connectivity index (χ2n) is 9.23. The van der Waals surface area contributed by atoms with Crippen LogP contribution in [0.2, 0.25) is 5.02 Å². The number of nitrogens with one attached hydrogen (secondary N) is 1. The number of benzene rings is 1. The Labute approximate surface area is 217 Å². The lowest BCUT2D eigenvalue weighted by Crippen LogP contribution is -2.34. The van der Waals surface area contributed by atoms with Crippen LogP contribution in [-0.2, 0) is 4.79 Å². The molecule has 1 aromatic carbocycles. The van der Waals surface area contributed by atoms with E-state index in [0.29, 0.717) is 33.7 Å². The minimum atomic E-state index is -1.08. The number of pyridine rings is 1. The van der Waals surface area contributed by atoms with Gasteiger partial charge in [-0.05, 0) is 31.7 Å².